The Morgan fingerprint density at radius 3 is 2.67 bits per heavy atom. The molecule has 0 aliphatic rings. The summed E-state index contributed by atoms with van der Waals surface area (Å²) in [6, 6.07) is 4.28. The largest absolute Gasteiger partial charge is 0.326 e. The van der Waals surface area contributed by atoms with Crippen molar-refractivity contribution in [3.8, 4) is 0 Å². The van der Waals surface area contributed by atoms with Crippen LogP contribution in [0, 0.1) is 0 Å². The van der Waals surface area contributed by atoms with E-state index in [9.17, 15) is 0 Å². The third kappa shape index (κ3) is 2.95. The SMILES string of the molecule is CC(CC(C)(C)N)c1cccs1. The lowest BCUT2D eigenvalue weighted by Gasteiger charge is -2.22. The molecule has 68 valence electrons. The van der Waals surface area contributed by atoms with Gasteiger partial charge in [-0.15, -0.1) is 11.3 Å². The van der Waals surface area contributed by atoms with Gasteiger partial charge in [-0.25, -0.2) is 0 Å². The monoisotopic (exact) mass is 183 g/mol. The Kier molecular flexibility index (Phi) is 2.91. The number of nitrogens with two attached hydrogens (primary N) is 1. The molecule has 0 amide bonds. The molecule has 0 fully saturated rings. The van der Waals surface area contributed by atoms with Gasteiger partial charge in [0.15, 0.2) is 0 Å². The van der Waals surface area contributed by atoms with Crippen molar-refractivity contribution < 1.29 is 0 Å². The summed E-state index contributed by atoms with van der Waals surface area (Å²) in [5, 5.41) is 2.12. The lowest BCUT2D eigenvalue weighted by Crippen LogP contribution is -2.33. The molecule has 1 aromatic rings. The van der Waals surface area contributed by atoms with Crippen LogP contribution in [0.1, 0.15) is 38.0 Å². The first kappa shape index (κ1) is 9.75. The third-order valence-electron chi connectivity index (χ3n) is 1.86. The molecule has 1 rings (SSSR count). The standard InChI is InChI=1S/C10H17NS/c1-8(7-10(2,3)11)9-5-4-6-12-9/h4-6,8H,7,11H2,1-3H3. The first-order chi connectivity index (χ1) is 5.49. The molecule has 1 unspecified atom stereocenters. The summed E-state index contributed by atoms with van der Waals surface area (Å²) in [5.41, 5.74) is 5.89. The molecular formula is C10H17NS. The molecule has 12 heavy (non-hydrogen) atoms. The molecule has 0 aliphatic heterocycles. The second kappa shape index (κ2) is 3.58. The van der Waals surface area contributed by atoms with Gasteiger partial charge in [-0.3, -0.25) is 0 Å². The van der Waals surface area contributed by atoms with Crippen molar-refractivity contribution in [2.24, 2.45) is 5.73 Å². The molecular weight excluding hydrogens is 166 g/mol. The fourth-order valence-corrected chi connectivity index (χ4v) is 2.25. The van der Waals surface area contributed by atoms with Crippen molar-refractivity contribution in [1.29, 1.82) is 0 Å². The normalized spacial score (nSPS) is 14.7. The molecule has 0 saturated carbocycles. The quantitative estimate of drug-likeness (QED) is 0.766. The smallest absolute Gasteiger partial charge is 0.0103 e. The Hall–Kier alpha value is -0.340. The molecule has 2 N–H and O–H groups in total. The number of hydrogen-bond donors (Lipinski definition) is 1. The average Bonchev–Trinajstić information content (AvgIpc) is 2.32. The Morgan fingerprint density at radius 1 is 1.58 bits per heavy atom. The lowest BCUT2D eigenvalue weighted by molar-refractivity contribution is 0.440. The summed E-state index contributed by atoms with van der Waals surface area (Å²) in [5.74, 6) is 0.588. The molecule has 0 spiro atoms. The van der Waals surface area contributed by atoms with Crippen LogP contribution in [0.25, 0.3) is 0 Å². The van der Waals surface area contributed by atoms with E-state index in [-0.39, 0.29) is 5.54 Å². The molecule has 2 heteroatoms. The Bertz CT molecular complexity index is 220. The highest BCUT2D eigenvalue weighted by Gasteiger charge is 2.17. The molecule has 0 radical (unpaired) electrons. The van der Waals surface area contributed by atoms with E-state index in [0.717, 1.165) is 6.42 Å². The van der Waals surface area contributed by atoms with E-state index in [4.69, 9.17) is 5.73 Å². The van der Waals surface area contributed by atoms with Crippen molar-refractivity contribution in [2.75, 3.05) is 0 Å². The van der Waals surface area contributed by atoms with Gasteiger partial charge in [-0.05, 0) is 37.6 Å². The highest BCUT2D eigenvalue weighted by molar-refractivity contribution is 7.10. The van der Waals surface area contributed by atoms with Gasteiger partial charge in [0.25, 0.3) is 0 Å². The molecule has 0 saturated heterocycles. The van der Waals surface area contributed by atoms with Crippen molar-refractivity contribution in [1.82, 2.24) is 0 Å². The molecule has 0 aliphatic carbocycles. The molecule has 1 nitrogen and oxygen atoms in total. The van der Waals surface area contributed by atoms with Crippen LogP contribution in [0.5, 0.6) is 0 Å². The van der Waals surface area contributed by atoms with E-state index in [0.29, 0.717) is 5.92 Å². The Balaban J connectivity index is 2.56. The number of thiophene rings is 1. The van der Waals surface area contributed by atoms with Gasteiger partial charge in [-0.2, -0.15) is 0 Å². The van der Waals surface area contributed by atoms with Crippen LogP contribution in [-0.2, 0) is 0 Å². The summed E-state index contributed by atoms with van der Waals surface area (Å²) >= 11 is 1.82. The van der Waals surface area contributed by atoms with Crippen molar-refractivity contribution in [3.63, 3.8) is 0 Å². The predicted octanol–water partition coefficient (Wildman–Crippen LogP) is 2.98. The highest BCUT2D eigenvalue weighted by Crippen LogP contribution is 2.27. The van der Waals surface area contributed by atoms with E-state index in [1.807, 2.05) is 11.3 Å². The van der Waals surface area contributed by atoms with Crippen LogP contribution in [0.15, 0.2) is 17.5 Å². The maximum Gasteiger partial charge on any atom is 0.0103 e. The van der Waals surface area contributed by atoms with Crippen LogP contribution in [0.4, 0.5) is 0 Å². The fraction of sp³-hybridized carbons (Fsp3) is 0.600. The van der Waals surface area contributed by atoms with Crippen LogP contribution < -0.4 is 5.73 Å². The zero-order chi connectivity index (χ0) is 9.19. The second-order valence-corrected chi connectivity index (χ2v) is 5.09. The summed E-state index contributed by atoms with van der Waals surface area (Å²) in [6.45, 7) is 6.40. The van der Waals surface area contributed by atoms with Gasteiger partial charge in [-0.1, -0.05) is 13.0 Å². The zero-order valence-corrected chi connectivity index (χ0v) is 8.82. The van der Waals surface area contributed by atoms with Gasteiger partial charge < -0.3 is 5.73 Å². The van der Waals surface area contributed by atoms with Crippen molar-refractivity contribution in [2.45, 2.75) is 38.6 Å². The first-order valence-electron chi connectivity index (χ1n) is 4.31. The van der Waals surface area contributed by atoms with Gasteiger partial charge >= 0.3 is 0 Å². The van der Waals surface area contributed by atoms with Crippen LogP contribution >= 0.6 is 11.3 Å². The van der Waals surface area contributed by atoms with E-state index < -0.39 is 0 Å². The summed E-state index contributed by atoms with van der Waals surface area (Å²) in [6.07, 6.45) is 1.05. The zero-order valence-electron chi connectivity index (χ0n) is 8.00. The Morgan fingerprint density at radius 2 is 2.25 bits per heavy atom. The minimum absolute atomic E-state index is 0.0522. The van der Waals surface area contributed by atoms with Crippen molar-refractivity contribution >= 4 is 11.3 Å². The Labute approximate surface area is 78.6 Å². The highest BCUT2D eigenvalue weighted by atomic mass is 32.1. The van der Waals surface area contributed by atoms with Crippen molar-refractivity contribution in [3.05, 3.63) is 22.4 Å². The third-order valence-corrected chi connectivity index (χ3v) is 2.97. The minimum Gasteiger partial charge on any atom is -0.326 e. The molecule has 0 aromatic carbocycles. The summed E-state index contributed by atoms with van der Waals surface area (Å²) in [7, 11) is 0. The van der Waals surface area contributed by atoms with E-state index in [1.165, 1.54) is 4.88 Å². The lowest BCUT2D eigenvalue weighted by atomic mass is 9.92. The van der Waals surface area contributed by atoms with Gasteiger partial charge in [0, 0.05) is 10.4 Å². The second-order valence-electron chi connectivity index (χ2n) is 4.11. The molecule has 1 atom stereocenters. The van der Waals surface area contributed by atoms with Crippen LogP contribution in [-0.4, -0.2) is 5.54 Å². The topological polar surface area (TPSA) is 26.0 Å². The molecule has 0 bridgehead atoms. The maximum atomic E-state index is 5.95. The average molecular weight is 183 g/mol. The molecule has 1 aromatic heterocycles. The van der Waals surface area contributed by atoms with E-state index in [1.54, 1.807) is 0 Å². The van der Waals surface area contributed by atoms with Crippen LogP contribution in [0.2, 0.25) is 0 Å². The minimum atomic E-state index is -0.0522. The van der Waals surface area contributed by atoms with Gasteiger partial charge in [0.05, 0.1) is 0 Å². The summed E-state index contributed by atoms with van der Waals surface area (Å²) in [4.78, 5) is 1.44. The first-order valence-corrected chi connectivity index (χ1v) is 5.19. The van der Waals surface area contributed by atoms with Gasteiger partial charge in [0.1, 0.15) is 0 Å². The predicted molar refractivity (Wildman–Crippen MR) is 55.6 cm³/mol. The van der Waals surface area contributed by atoms with Crippen LogP contribution in [0.3, 0.4) is 0 Å². The van der Waals surface area contributed by atoms with E-state index in [2.05, 4.69) is 38.3 Å². The maximum absolute atomic E-state index is 5.95. The van der Waals surface area contributed by atoms with E-state index >= 15 is 0 Å². The number of rotatable bonds is 3. The number of hydrogen-bond acceptors (Lipinski definition) is 2. The molecule has 1 heterocycles. The summed E-state index contributed by atoms with van der Waals surface area (Å²) < 4.78 is 0. The van der Waals surface area contributed by atoms with Gasteiger partial charge in [0.2, 0.25) is 0 Å². The fourth-order valence-electron chi connectivity index (χ4n) is 1.46.